The second-order valence-corrected chi connectivity index (χ2v) is 34.0. The van der Waals surface area contributed by atoms with Crippen LogP contribution in [0.2, 0.25) is 0 Å². The van der Waals surface area contributed by atoms with Crippen LogP contribution in [0.1, 0.15) is 165 Å². The minimum atomic E-state index is -0.511. The molecule has 4 amide bonds. The molecule has 8 radical (unpaired) electrons. The first kappa shape index (κ1) is 81.4. The lowest BCUT2D eigenvalue weighted by Gasteiger charge is -2.43. The van der Waals surface area contributed by atoms with Gasteiger partial charge in [0.2, 0.25) is 5.91 Å². The molecule has 572 valence electrons. The fraction of sp³-hybridized carbons (Fsp3) is 0.432. The Balaban J connectivity index is 0.000000139. The summed E-state index contributed by atoms with van der Waals surface area (Å²) in [5.74, 6) is 0.112. The molecule has 2 aromatic heterocycles. The fourth-order valence-electron chi connectivity index (χ4n) is 15.7. The van der Waals surface area contributed by atoms with Crippen molar-refractivity contribution < 1.29 is 57.9 Å². The van der Waals surface area contributed by atoms with E-state index in [1.807, 2.05) is 94.2 Å². The van der Waals surface area contributed by atoms with E-state index in [1.165, 1.54) is 17.9 Å². The van der Waals surface area contributed by atoms with Crippen LogP contribution in [0.3, 0.4) is 0 Å². The fourth-order valence-corrected chi connectivity index (χ4v) is 15.7. The third-order valence-electron chi connectivity index (χ3n) is 21.7. The Bertz CT molecular complexity index is 4740. The van der Waals surface area contributed by atoms with E-state index in [9.17, 15) is 34.2 Å². The zero-order valence-electron chi connectivity index (χ0n) is 66.2. The predicted molar refractivity (Wildman–Crippen MR) is 435 cm³/mol. The first-order valence-electron chi connectivity index (χ1n) is 38.3. The molecule has 2 aliphatic carbocycles. The van der Waals surface area contributed by atoms with Crippen molar-refractivity contribution in [3.63, 3.8) is 0 Å². The maximum absolute atomic E-state index is 13.6. The summed E-state index contributed by atoms with van der Waals surface area (Å²) in [4.78, 5) is 72.1. The van der Waals surface area contributed by atoms with E-state index >= 15 is 0 Å². The van der Waals surface area contributed by atoms with Crippen molar-refractivity contribution in [2.24, 2.45) is 21.7 Å². The molecule has 6 heterocycles. The van der Waals surface area contributed by atoms with Crippen LogP contribution in [0.15, 0.2) is 164 Å². The van der Waals surface area contributed by atoms with Crippen molar-refractivity contribution in [2.45, 2.75) is 163 Å². The van der Waals surface area contributed by atoms with Crippen molar-refractivity contribution in [1.29, 1.82) is 0 Å². The van der Waals surface area contributed by atoms with E-state index in [2.05, 4.69) is 159 Å². The summed E-state index contributed by atoms with van der Waals surface area (Å²) in [5, 5.41) is 25.7. The van der Waals surface area contributed by atoms with Gasteiger partial charge in [0.15, 0.2) is 5.78 Å². The van der Waals surface area contributed by atoms with Gasteiger partial charge in [-0.05, 0) is 136 Å². The zero-order valence-corrected chi connectivity index (χ0v) is 66.2. The topological polar surface area (TPSA) is 208 Å². The molecular weight excluding hydrogens is 1390 g/mol. The van der Waals surface area contributed by atoms with Gasteiger partial charge in [0.25, 0.3) is 17.7 Å². The smallest absolute Gasteiger partial charge is 0.254 e. The monoisotopic (exact) mass is 1490 g/mol. The molecule has 8 unspecified atom stereocenters. The summed E-state index contributed by atoms with van der Waals surface area (Å²) in [6.45, 7) is 28.1. The van der Waals surface area contributed by atoms with Crippen molar-refractivity contribution in [3.05, 3.63) is 214 Å². The Morgan fingerprint density at radius 3 is 1.39 bits per heavy atom. The molecule has 15 rings (SSSR count). The number of fused-ring (bicyclic) bond motifs is 7. The highest BCUT2D eigenvalue weighted by Gasteiger charge is 2.43. The number of para-hydroxylation sites is 2. The van der Waals surface area contributed by atoms with Gasteiger partial charge in [0, 0.05) is 122 Å². The molecule has 0 bridgehead atoms. The van der Waals surface area contributed by atoms with Crippen molar-refractivity contribution in [3.8, 4) is 28.3 Å². The Kier molecular flexibility index (Phi) is 24.4. The first-order chi connectivity index (χ1) is 52.6. The molecule has 0 spiro atoms. The predicted octanol–water partition coefficient (Wildman–Crippen LogP) is 12.2. The molecule has 6 aliphatic rings. The van der Waals surface area contributed by atoms with Gasteiger partial charge < -0.3 is 58.1 Å². The number of nitrogens with zero attached hydrogens (tertiary/aromatic N) is 7. The van der Waals surface area contributed by atoms with Crippen molar-refractivity contribution >= 4 is 82.6 Å². The summed E-state index contributed by atoms with van der Waals surface area (Å²) >= 11 is 0. The molecule has 9 aromatic rings. The summed E-state index contributed by atoms with van der Waals surface area (Å²) in [6.07, 6.45) is 2.58. The highest BCUT2D eigenvalue weighted by Crippen LogP contribution is 2.46. The van der Waals surface area contributed by atoms with Crippen LogP contribution in [-0.4, -0.2) is 213 Å². The number of morpholine rings is 4. The number of carbonyl (C=O) groups is 5. The second kappa shape index (κ2) is 33.3. The Labute approximate surface area is 657 Å². The first-order valence-corrected chi connectivity index (χ1v) is 38.3. The molecule has 19 nitrogen and oxygen atoms in total. The van der Waals surface area contributed by atoms with Gasteiger partial charge in [-0.2, -0.15) is 5.10 Å². The van der Waals surface area contributed by atoms with Gasteiger partial charge in [-0.15, -0.1) is 0 Å². The quantitative estimate of drug-likeness (QED) is 0.129. The molecule has 7 aromatic carbocycles. The number of Topliss-reactive ketones (excluding diaryl/α,β-unsaturated/α-hetero) is 1. The van der Waals surface area contributed by atoms with E-state index in [4.69, 9.17) is 55.1 Å². The maximum atomic E-state index is 13.6. The molecule has 4 aliphatic heterocycles. The number of hydrogen-bond acceptors (Lipinski definition) is 13. The van der Waals surface area contributed by atoms with Crippen LogP contribution in [-0.2, 0) is 43.4 Å². The third kappa shape index (κ3) is 18.0. The minimum Gasteiger partial charge on any atom is -0.496 e. The number of aromatic nitrogens is 3. The number of amides is 4. The highest BCUT2D eigenvalue weighted by molar-refractivity contribution is 6.13. The van der Waals surface area contributed by atoms with Gasteiger partial charge in [0.1, 0.15) is 37.1 Å². The summed E-state index contributed by atoms with van der Waals surface area (Å²) in [5.41, 5.74) is 12.6. The van der Waals surface area contributed by atoms with Gasteiger partial charge in [-0.25, -0.2) is 4.68 Å². The number of ether oxygens (including phenoxy) is 5. The number of carbonyl (C=O) groups excluding carboxylic acids is 5. The molecule has 4 fully saturated rings. The number of hydrogen-bond donors (Lipinski definition) is 2. The maximum Gasteiger partial charge on any atom is 0.254 e. The van der Waals surface area contributed by atoms with Crippen LogP contribution >= 0.6 is 0 Å². The lowest BCUT2D eigenvalue weighted by atomic mass is 9.76. The number of benzene rings is 7. The molecule has 2 N–H and O–H groups in total. The summed E-state index contributed by atoms with van der Waals surface area (Å²) < 4.78 is 32.4. The number of aliphatic hydroxyl groups is 2. The van der Waals surface area contributed by atoms with Crippen molar-refractivity contribution in [1.82, 2.24) is 33.9 Å². The molecule has 23 heteroatoms. The van der Waals surface area contributed by atoms with Crippen LogP contribution in [0.4, 0.5) is 0 Å². The zero-order chi connectivity index (χ0) is 79.8. The minimum absolute atomic E-state index is 0.00762. The number of ketones is 1. The average Bonchev–Trinajstić information content (AvgIpc) is 1.61. The van der Waals surface area contributed by atoms with Gasteiger partial charge in [-0.3, -0.25) is 24.0 Å². The van der Waals surface area contributed by atoms with E-state index in [1.54, 1.807) is 28.1 Å². The Hall–Kier alpha value is -9.08. The summed E-state index contributed by atoms with van der Waals surface area (Å²) in [6, 6.07) is 49.7. The lowest BCUT2D eigenvalue weighted by Crippen LogP contribution is -2.55. The molecule has 4 saturated heterocycles. The van der Waals surface area contributed by atoms with E-state index in [0.717, 1.165) is 56.8 Å². The molecule has 8 atom stereocenters. The number of aliphatic hydroxyl groups excluding tert-OH is 2. The summed E-state index contributed by atoms with van der Waals surface area (Å²) in [7, 11) is 25.5. The number of methoxy groups -OCH3 is 1. The highest BCUT2D eigenvalue weighted by atomic mass is 16.5. The SMILES string of the molecule is [B]C1CN(C(=O)C2c3ccccc3-c3ccccc32)CC(C(C)(C)C)O1.[B]C1CN(C(=O)c2cc(CO)c(CO)c(OC)c2)CC(C)O1.[B]C1CN(C(=O)c2ccc(-n3c4ccccc4c4ccccc43)cc2)CC(C(C)(C)C)O1.[B]C1CN(C(=O)c2ccc(-n3ncc4c3CC(C)(C)CC4=O)cc2)CC(C(C)(C)C)O1. The molecule has 0 saturated carbocycles. The number of rotatable bonds is 9. The van der Waals surface area contributed by atoms with Crippen LogP contribution < -0.4 is 4.74 Å². The van der Waals surface area contributed by atoms with E-state index in [-0.39, 0.29) is 94.6 Å². The largest absolute Gasteiger partial charge is 0.496 e. The Morgan fingerprint density at radius 2 is 0.928 bits per heavy atom. The average molecular weight is 1490 g/mol. The molecule has 111 heavy (non-hydrogen) atoms. The van der Waals surface area contributed by atoms with Crippen LogP contribution in [0.5, 0.6) is 5.75 Å². The van der Waals surface area contributed by atoms with Gasteiger partial charge in [-0.1, -0.05) is 161 Å². The third-order valence-corrected chi connectivity index (χ3v) is 21.7. The standard InChI is InChI=1S/C27H27BN2O2.C24H30BN3O3.C22H24BNO2.C15H20BNO5/c1-27(2,3)24-16-29(17-25(28)32-24)26(31)18-12-14-19(15-13-18)30-22-10-6-4-8-20(22)21-9-5-7-11-23(21)30;1-23(2,3)20-13-27(14-21(25)31-20)22(30)15-6-8-16(9-7-15)28-18-10-24(4,5)11-19(29)17(18)12-26-28;1-22(2,3)18-12-24(13-19(23)26-18)21(25)20-16-10-6-4-8-14(16)15-9-5-7-11-17(15)20;1-9-5-17(6-14(16)22-9)15(20)10-3-11(7-18)12(8-19)13(4-10)21-2/h4-15,24-25H,16-17H2,1-3H3;6-9,12,20-21H,10-11,13-14H2,1-5H3;4-11,18-20H,12-13H2,1-3H3;3-4,9,14,18-19H,5-8H2,1-2H3. The van der Waals surface area contributed by atoms with Gasteiger partial charge >= 0.3 is 0 Å². The van der Waals surface area contributed by atoms with Crippen LogP contribution in [0.25, 0.3) is 44.3 Å². The molecular formula is C88H101B4N7O12. The normalized spacial score (nSPS) is 21.8. The van der Waals surface area contributed by atoms with Crippen molar-refractivity contribution in [2.75, 3.05) is 59.5 Å². The van der Waals surface area contributed by atoms with Gasteiger partial charge in [0.05, 0.1) is 84.8 Å². The van der Waals surface area contributed by atoms with E-state index < -0.39 is 24.0 Å². The Morgan fingerprint density at radius 1 is 0.505 bits per heavy atom. The second-order valence-electron chi connectivity index (χ2n) is 34.0. The lowest BCUT2D eigenvalue weighted by molar-refractivity contribution is -0.147. The van der Waals surface area contributed by atoms with E-state index in [0.29, 0.717) is 97.9 Å². The van der Waals surface area contributed by atoms with Crippen LogP contribution in [0, 0.1) is 21.7 Å².